The molecule has 7 heteroatoms. The fourth-order valence-electron chi connectivity index (χ4n) is 3.40. The van der Waals surface area contributed by atoms with Crippen LogP contribution in [-0.2, 0) is 6.54 Å². The van der Waals surface area contributed by atoms with E-state index in [4.69, 9.17) is 4.74 Å². The number of hydrogen-bond donors (Lipinski definition) is 2. The van der Waals surface area contributed by atoms with Crippen LogP contribution in [0.3, 0.4) is 0 Å². The van der Waals surface area contributed by atoms with Gasteiger partial charge in [-0.05, 0) is 48.5 Å². The molecule has 0 aliphatic carbocycles. The summed E-state index contributed by atoms with van der Waals surface area (Å²) in [5, 5.41) is 12.4. The Morgan fingerprint density at radius 2 is 1.80 bits per heavy atom. The van der Waals surface area contributed by atoms with Crippen LogP contribution in [0, 0.1) is 5.82 Å². The van der Waals surface area contributed by atoms with Gasteiger partial charge in [0.25, 0.3) is 5.91 Å². The summed E-state index contributed by atoms with van der Waals surface area (Å²) in [5.41, 5.74) is 2.21. The van der Waals surface area contributed by atoms with Gasteiger partial charge in [-0.2, -0.15) is 0 Å². The molecule has 1 heterocycles. The van der Waals surface area contributed by atoms with Crippen molar-refractivity contribution in [3.05, 3.63) is 89.2 Å². The molecule has 3 aromatic rings. The molecule has 0 spiro atoms. The average molecular weight is 406 g/mol. The van der Waals surface area contributed by atoms with E-state index in [0.29, 0.717) is 31.1 Å². The SMILES string of the molecule is O=C(Nc1ccc(N2CCOc3ccccc3C2)c(C(=O)O)c1)c1ccc(F)cc1. The van der Waals surface area contributed by atoms with E-state index >= 15 is 0 Å². The molecule has 0 atom stereocenters. The number of nitrogens with one attached hydrogen (secondary N) is 1. The van der Waals surface area contributed by atoms with Gasteiger partial charge in [0.2, 0.25) is 0 Å². The number of carboxylic acids is 1. The quantitative estimate of drug-likeness (QED) is 0.680. The van der Waals surface area contributed by atoms with Gasteiger partial charge in [0.1, 0.15) is 18.2 Å². The lowest BCUT2D eigenvalue weighted by molar-refractivity contribution is 0.0697. The van der Waals surface area contributed by atoms with Gasteiger partial charge in [0.05, 0.1) is 17.8 Å². The molecule has 1 aliphatic rings. The summed E-state index contributed by atoms with van der Waals surface area (Å²) in [6, 6.07) is 17.5. The minimum Gasteiger partial charge on any atom is -0.491 e. The predicted octanol–water partition coefficient (Wildman–Crippen LogP) is 4.18. The van der Waals surface area contributed by atoms with Gasteiger partial charge in [0, 0.05) is 23.4 Å². The first-order valence-electron chi connectivity index (χ1n) is 9.41. The van der Waals surface area contributed by atoms with Crippen LogP contribution in [0.15, 0.2) is 66.7 Å². The van der Waals surface area contributed by atoms with E-state index in [1.165, 1.54) is 30.3 Å². The number of aromatic carboxylic acids is 1. The summed E-state index contributed by atoms with van der Waals surface area (Å²) >= 11 is 0. The molecular formula is C23H19FN2O4. The Labute approximate surface area is 172 Å². The lowest BCUT2D eigenvalue weighted by Gasteiger charge is -2.24. The van der Waals surface area contributed by atoms with Crippen molar-refractivity contribution in [1.29, 1.82) is 0 Å². The van der Waals surface area contributed by atoms with E-state index in [2.05, 4.69) is 5.32 Å². The van der Waals surface area contributed by atoms with Crippen molar-refractivity contribution in [2.45, 2.75) is 6.54 Å². The first-order chi connectivity index (χ1) is 14.5. The van der Waals surface area contributed by atoms with E-state index in [9.17, 15) is 19.1 Å². The van der Waals surface area contributed by atoms with E-state index in [0.717, 1.165) is 11.3 Å². The van der Waals surface area contributed by atoms with Gasteiger partial charge in [-0.1, -0.05) is 18.2 Å². The van der Waals surface area contributed by atoms with Crippen molar-refractivity contribution in [3.63, 3.8) is 0 Å². The number of anilines is 2. The molecule has 4 rings (SSSR count). The molecule has 3 aromatic carbocycles. The zero-order valence-electron chi connectivity index (χ0n) is 16.0. The minimum absolute atomic E-state index is 0.0753. The number of carboxylic acid groups (broad SMARTS) is 1. The summed E-state index contributed by atoms with van der Waals surface area (Å²) in [6.45, 7) is 1.47. The molecule has 152 valence electrons. The highest BCUT2D eigenvalue weighted by molar-refractivity contribution is 6.05. The largest absolute Gasteiger partial charge is 0.491 e. The Bertz CT molecular complexity index is 1100. The van der Waals surface area contributed by atoms with Crippen LogP contribution in [0.4, 0.5) is 15.8 Å². The second kappa shape index (κ2) is 8.24. The number of halogens is 1. The van der Waals surface area contributed by atoms with Crippen molar-refractivity contribution in [3.8, 4) is 5.75 Å². The van der Waals surface area contributed by atoms with Crippen molar-refractivity contribution >= 4 is 23.3 Å². The zero-order valence-corrected chi connectivity index (χ0v) is 16.0. The number of fused-ring (bicyclic) bond motifs is 1. The number of para-hydroxylation sites is 1. The molecule has 2 N–H and O–H groups in total. The van der Waals surface area contributed by atoms with Crippen LogP contribution < -0.4 is 15.0 Å². The maximum Gasteiger partial charge on any atom is 0.337 e. The first-order valence-corrected chi connectivity index (χ1v) is 9.41. The molecule has 0 saturated carbocycles. The Balaban J connectivity index is 1.60. The number of ether oxygens (including phenoxy) is 1. The predicted molar refractivity (Wildman–Crippen MR) is 111 cm³/mol. The minimum atomic E-state index is -1.10. The topological polar surface area (TPSA) is 78.9 Å². The number of benzene rings is 3. The lowest BCUT2D eigenvalue weighted by Crippen LogP contribution is -2.27. The molecule has 0 aromatic heterocycles. The number of rotatable bonds is 4. The molecule has 0 saturated heterocycles. The molecule has 0 radical (unpaired) electrons. The normalized spacial score (nSPS) is 13.0. The number of carbonyl (C=O) groups is 2. The number of nitrogens with zero attached hydrogens (tertiary/aromatic N) is 1. The van der Waals surface area contributed by atoms with Crippen LogP contribution in [0.1, 0.15) is 26.3 Å². The fraction of sp³-hybridized carbons (Fsp3) is 0.130. The molecule has 0 bridgehead atoms. The second-order valence-electron chi connectivity index (χ2n) is 6.88. The standard InChI is InChI=1S/C23H19FN2O4/c24-17-7-5-15(6-8-17)22(27)25-18-9-10-20(19(13-18)23(28)29)26-11-12-30-21-4-2-1-3-16(21)14-26/h1-10,13H,11-12,14H2,(H,25,27)(H,28,29). The third kappa shape index (κ3) is 4.10. The monoisotopic (exact) mass is 406 g/mol. The highest BCUT2D eigenvalue weighted by Crippen LogP contribution is 2.30. The van der Waals surface area contributed by atoms with Gasteiger partial charge < -0.3 is 20.1 Å². The average Bonchev–Trinajstić information content (AvgIpc) is 2.96. The lowest BCUT2D eigenvalue weighted by atomic mass is 10.1. The first kappa shape index (κ1) is 19.4. The summed E-state index contributed by atoms with van der Waals surface area (Å²) in [7, 11) is 0. The van der Waals surface area contributed by atoms with Crippen molar-refractivity contribution in [1.82, 2.24) is 0 Å². The van der Waals surface area contributed by atoms with Gasteiger partial charge in [-0.15, -0.1) is 0 Å². The third-order valence-corrected chi connectivity index (χ3v) is 4.88. The van der Waals surface area contributed by atoms with Gasteiger partial charge >= 0.3 is 5.97 Å². The van der Waals surface area contributed by atoms with Crippen molar-refractivity contribution in [2.75, 3.05) is 23.4 Å². The van der Waals surface area contributed by atoms with E-state index in [-0.39, 0.29) is 11.1 Å². The van der Waals surface area contributed by atoms with Gasteiger partial charge in [-0.25, -0.2) is 9.18 Å². The molecular weight excluding hydrogens is 387 g/mol. The second-order valence-corrected chi connectivity index (χ2v) is 6.88. The van der Waals surface area contributed by atoms with Crippen molar-refractivity contribution < 1.29 is 23.8 Å². The van der Waals surface area contributed by atoms with Crippen molar-refractivity contribution in [2.24, 2.45) is 0 Å². The van der Waals surface area contributed by atoms with Crippen LogP contribution in [-0.4, -0.2) is 30.1 Å². The van der Waals surface area contributed by atoms with Crippen LogP contribution in [0.2, 0.25) is 0 Å². The molecule has 1 aliphatic heterocycles. The Hall–Kier alpha value is -3.87. The van der Waals surface area contributed by atoms with E-state index in [1.807, 2.05) is 29.2 Å². The summed E-state index contributed by atoms with van der Waals surface area (Å²) < 4.78 is 18.8. The van der Waals surface area contributed by atoms with E-state index in [1.54, 1.807) is 12.1 Å². The van der Waals surface area contributed by atoms with E-state index < -0.39 is 17.7 Å². The zero-order chi connectivity index (χ0) is 21.1. The number of carbonyl (C=O) groups excluding carboxylic acids is 1. The summed E-state index contributed by atoms with van der Waals surface area (Å²) in [6.07, 6.45) is 0. The third-order valence-electron chi connectivity index (χ3n) is 4.88. The Morgan fingerprint density at radius 1 is 1.03 bits per heavy atom. The summed E-state index contributed by atoms with van der Waals surface area (Å²) in [4.78, 5) is 26.2. The Kier molecular flexibility index (Phi) is 5.34. The molecule has 0 unspecified atom stereocenters. The van der Waals surface area contributed by atoms with Gasteiger partial charge in [0.15, 0.2) is 0 Å². The molecule has 30 heavy (non-hydrogen) atoms. The highest BCUT2D eigenvalue weighted by atomic mass is 19.1. The summed E-state index contributed by atoms with van der Waals surface area (Å²) in [5.74, 6) is -1.19. The Morgan fingerprint density at radius 3 is 2.57 bits per heavy atom. The maximum atomic E-state index is 13.1. The molecule has 6 nitrogen and oxygen atoms in total. The number of amides is 1. The highest BCUT2D eigenvalue weighted by Gasteiger charge is 2.21. The molecule has 0 fully saturated rings. The maximum absolute atomic E-state index is 13.1. The smallest absolute Gasteiger partial charge is 0.337 e. The fourth-order valence-corrected chi connectivity index (χ4v) is 3.40. The van der Waals surface area contributed by atoms with Gasteiger partial charge in [-0.3, -0.25) is 4.79 Å². The molecule has 1 amide bonds. The van der Waals surface area contributed by atoms with Crippen LogP contribution in [0.25, 0.3) is 0 Å². The van der Waals surface area contributed by atoms with Crippen LogP contribution in [0.5, 0.6) is 5.75 Å². The van der Waals surface area contributed by atoms with Crippen LogP contribution >= 0.6 is 0 Å². The number of hydrogen-bond acceptors (Lipinski definition) is 4.